The fourth-order valence-electron chi connectivity index (χ4n) is 1.39. The predicted octanol–water partition coefficient (Wildman–Crippen LogP) is -0.0735. The third-order valence-electron chi connectivity index (χ3n) is 2.13. The van der Waals surface area contributed by atoms with Crippen molar-refractivity contribution in [2.45, 2.75) is 12.2 Å². The molecule has 1 aromatic rings. The standard InChI is InChI=1S/C11H13ClN2S.ClH/c12-10-4-1-3-9(7-10)8-15-11-13-5-2-6-14-11;/h1,3-4,7H,2,5-6,8H2,(H,13,14);1H/p-1. The maximum Gasteiger partial charge on any atom is 0.156 e. The topological polar surface area (TPSA) is 24.4 Å². The van der Waals surface area contributed by atoms with Crippen LogP contribution in [0.25, 0.3) is 0 Å². The molecule has 1 aromatic carbocycles. The Morgan fingerprint density at radius 1 is 1.44 bits per heavy atom. The fourth-order valence-corrected chi connectivity index (χ4v) is 2.47. The van der Waals surface area contributed by atoms with Gasteiger partial charge in [0.15, 0.2) is 5.17 Å². The summed E-state index contributed by atoms with van der Waals surface area (Å²) in [5.41, 5.74) is 1.24. The quantitative estimate of drug-likeness (QED) is 0.817. The van der Waals surface area contributed by atoms with Gasteiger partial charge in [0, 0.05) is 23.9 Å². The number of rotatable bonds is 2. The first-order valence-electron chi connectivity index (χ1n) is 5.00. The van der Waals surface area contributed by atoms with E-state index in [0.717, 1.165) is 35.5 Å². The minimum absolute atomic E-state index is 0. The van der Waals surface area contributed by atoms with Crippen LogP contribution in [0.2, 0.25) is 5.02 Å². The van der Waals surface area contributed by atoms with Crippen LogP contribution < -0.4 is 17.7 Å². The first-order valence-corrected chi connectivity index (χ1v) is 6.36. The van der Waals surface area contributed by atoms with Gasteiger partial charge in [-0.1, -0.05) is 35.5 Å². The summed E-state index contributed by atoms with van der Waals surface area (Å²) >= 11 is 7.65. The Kier molecular flexibility index (Phi) is 6.03. The van der Waals surface area contributed by atoms with Gasteiger partial charge < -0.3 is 17.7 Å². The molecular weight excluding hydrogens is 263 g/mol. The van der Waals surface area contributed by atoms with Crippen molar-refractivity contribution in [2.24, 2.45) is 4.99 Å². The first-order chi connectivity index (χ1) is 7.34. The second-order valence-corrected chi connectivity index (χ2v) is 4.79. The van der Waals surface area contributed by atoms with Gasteiger partial charge in [-0.05, 0) is 24.1 Å². The molecule has 0 unspecified atom stereocenters. The number of thioether (sulfide) groups is 1. The molecule has 5 heteroatoms. The van der Waals surface area contributed by atoms with E-state index in [4.69, 9.17) is 11.6 Å². The molecule has 2 nitrogen and oxygen atoms in total. The largest absolute Gasteiger partial charge is 1.00 e. The molecule has 0 aliphatic carbocycles. The van der Waals surface area contributed by atoms with Gasteiger partial charge in [-0.2, -0.15) is 0 Å². The minimum atomic E-state index is 0. The molecule has 0 saturated carbocycles. The molecule has 1 aliphatic heterocycles. The van der Waals surface area contributed by atoms with E-state index in [1.54, 1.807) is 11.8 Å². The van der Waals surface area contributed by atoms with Gasteiger partial charge in [0.25, 0.3) is 0 Å². The van der Waals surface area contributed by atoms with Crippen molar-refractivity contribution in [2.75, 3.05) is 13.1 Å². The zero-order valence-corrected chi connectivity index (χ0v) is 11.1. The molecule has 0 amide bonds. The van der Waals surface area contributed by atoms with E-state index in [2.05, 4.69) is 16.4 Å². The first kappa shape index (κ1) is 13.7. The SMILES string of the molecule is Clc1cccc(CSC2=NCCCN2)c1.[Cl-]. The van der Waals surface area contributed by atoms with Crippen molar-refractivity contribution in [3.63, 3.8) is 0 Å². The Labute approximate surface area is 111 Å². The molecule has 1 heterocycles. The minimum Gasteiger partial charge on any atom is -1.00 e. The predicted molar refractivity (Wildman–Crippen MR) is 67.7 cm³/mol. The molecule has 0 fully saturated rings. The van der Waals surface area contributed by atoms with Gasteiger partial charge in [-0.25, -0.2) is 0 Å². The molecule has 0 bridgehead atoms. The van der Waals surface area contributed by atoms with Gasteiger partial charge in [0.1, 0.15) is 0 Å². The van der Waals surface area contributed by atoms with Crippen LogP contribution in [0.3, 0.4) is 0 Å². The highest BCUT2D eigenvalue weighted by Crippen LogP contribution is 2.17. The van der Waals surface area contributed by atoms with Crippen molar-refractivity contribution < 1.29 is 12.4 Å². The highest BCUT2D eigenvalue weighted by molar-refractivity contribution is 8.13. The summed E-state index contributed by atoms with van der Waals surface area (Å²) in [7, 11) is 0. The van der Waals surface area contributed by atoms with Crippen LogP contribution >= 0.6 is 23.4 Å². The number of amidine groups is 1. The van der Waals surface area contributed by atoms with E-state index in [9.17, 15) is 0 Å². The molecule has 0 aromatic heterocycles. The maximum absolute atomic E-state index is 5.91. The number of aliphatic imine (C=N–C) groups is 1. The molecule has 0 atom stereocenters. The zero-order valence-electron chi connectivity index (χ0n) is 8.75. The molecule has 88 valence electrons. The van der Waals surface area contributed by atoms with Crippen molar-refractivity contribution in [1.82, 2.24) is 5.32 Å². The van der Waals surface area contributed by atoms with Gasteiger partial charge in [-0.15, -0.1) is 0 Å². The summed E-state index contributed by atoms with van der Waals surface area (Å²) < 4.78 is 0. The smallest absolute Gasteiger partial charge is 0.156 e. The number of halogens is 2. The second-order valence-electron chi connectivity index (χ2n) is 3.39. The number of hydrogen-bond donors (Lipinski definition) is 1. The van der Waals surface area contributed by atoms with E-state index in [0.29, 0.717) is 0 Å². The highest BCUT2D eigenvalue weighted by atomic mass is 35.5. The summed E-state index contributed by atoms with van der Waals surface area (Å²) in [5.74, 6) is 0.923. The van der Waals surface area contributed by atoms with Crippen LogP contribution in [0.5, 0.6) is 0 Å². The lowest BCUT2D eigenvalue weighted by atomic mass is 10.2. The highest BCUT2D eigenvalue weighted by Gasteiger charge is 2.04. The molecular formula is C11H13Cl2N2S-. The molecule has 1 N–H and O–H groups in total. The third-order valence-corrected chi connectivity index (χ3v) is 3.39. The van der Waals surface area contributed by atoms with E-state index in [1.807, 2.05) is 18.2 Å². The van der Waals surface area contributed by atoms with E-state index in [-0.39, 0.29) is 12.4 Å². The lowest BCUT2D eigenvalue weighted by Crippen LogP contribution is -3.00. The molecule has 16 heavy (non-hydrogen) atoms. The van der Waals surface area contributed by atoms with Crippen molar-refractivity contribution in [1.29, 1.82) is 0 Å². The molecule has 2 rings (SSSR count). The summed E-state index contributed by atoms with van der Waals surface area (Å²) in [5, 5.41) is 5.14. The molecule has 1 aliphatic rings. The Morgan fingerprint density at radius 2 is 2.31 bits per heavy atom. The molecule has 0 saturated heterocycles. The Hall–Kier alpha value is -0.380. The van der Waals surface area contributed by atoms with Gasteiger partial charge in [0.2, 0.25) is 0 Å². The number of nitrogens with one attached hydrogen (secondary N) is 1. The second kappa shape index (κ2) is 7.05. The zero-order chi connectivity index (χ0) is 10.5. The van der Waals surface area contributed by atoms with Gasteiger partial charge >= 0.3 is 0 Å². The average Bonchev–Trinajstić information content (AvgIpc) is 2.28. The van der Waals surface area contributed by atoms with Crippen LogP contribution in [-0.4, -0.2) is 18.3 Å². The van der Waals surface area contributed by atoms with E-state index in [1.165, 1.54) is 5.56 Å². The summed E-state index contributed by atoms with van der Waals surface area (Å²) in [6, 6.07) is 7.96. The summed E-state index contributed by atoms with van der Waals surface area (Å²) in [6.45, 7) is 1.99. The summed E-state index contributed by atoms with van der Waals surface area (Å²) in [4.78, 5) is 4.40. The molecule has 0 radical (unpaired) electrons. The van der Waals surface area contributed by atoms with Crippen LogP contribution in [-0.2, 0) is 5.75 Å². The number of nitrogens with zero attached hydrogens (tertiary/aromatic N) is 1. The van der Waals surface area contributed by atoms with Crippen molar-refractivity contribution in [3.8, 4) is 0 Å². The van der Waals surface area contributed by atoms with Gasteiger partial charge in [0.05, 0.1) is 0 Å². The molecule has 0 spiro atoms. The van der Waals surface area contributed by atoms with E-state index < -0.39 is 0 Å². The lowest BCUT2D eigenvalue weighted by Gasteiger charge is -2.13. The normalized spacial score (nSPS) is 14.7. The van der Waals surface area contributed by atoms with Crippen molar-refractivity contribution >= 4 is 28.5 Å². The Morgan fingerprint density at radius 3 is 3.00 bits per heavy atom. The fraction of sp³-hybridized carbons (Fsp3) is 0.364. The maximum atomic E-state index is 5.91. The number of benzene rings is 1. The average molecular weight is 276 g/mol. The summed E-state index contributed by atoms with van der Waals surface area (Å²) in [6.07, 6.45) is 1.14. The Balaban J connectivity index is 0.00000128. The monoisotopic (exact) mass is 275 g/mol. The van der Waals surface area contributed by atoms with Gasteiger partial charge in [-0.3, -0.25) is 4.99 Å². The lowest BCUT2D eigenvalue weighted by molar-refractivity contribution is -0.00000299. The Bertz CT molecular complexity index is 369. The van der Waals surface area contributed by atoms with Crippen LogP contribution in [0.4, 0.5) is 0 Å². The van der Waals surface area contributed by atoms with Crippen molar-refractivity contribution in [3.05, 3.63) is 34.9 Å². The van der Waals surface area contributed by atoms with E-state index >= 15 is 0 Å². The number of hydrogen-bond acceptors (Lipinski definition) is 3. The van der Waals surface area contributed by atoms with Crippen LogP contribution in [0, 0.1) is 0 Å². The van der Waals surface area contributed by atoms with Crippen LogP contribution in [0.15, 0.2) is 29.3 Å². The van der Waals surface area contributed by atoms with Crippen LogP contribution in [0.1, 0.15) is 12.0 Å². The third kappa shape index (κ3) is 4.24.